The Bertz CT molecular complexity index is 497. The van der Waals surface area contributed by atoms with Crippen LogP contribution in [0.15, 0.2) is 12.3 Å². The molecule has 0 aromatic carbocycles. The Hall–Kier alpha value is -1.77. The zero-order valence-corrected chi connectivity index (χ0v) is 11.5. The number of pyridine rings is 1. The summed E-state index contributed by atoms with van der Waals surface area (Å²) in [6, 6.07) is 1.23. The number of hydrogen-bond donors (Lipinski definition) is 1. The van der Waals surface area contributed by atoms with Crippen LogP contribution in [0.4, 0.5) is 5.69 Å². The van der Waals surface area contributed by atoms with Crippen LogP contribution in [-0.2, 0) is 4.74 Å². The SMILES string of the molecule is COCCN(CCO)C(=O)c1ccnc(Cl)c1[N+](=O)[O-]. The fourth-order valence-electron chi connectivity index (χ4n) is 1.58. The number of halogens is 1. The van der Waals surface area contributed by atoms with Crippen molar-refractivity contribution in [1.82, 2.24) is 9.88 Å². The second-order valence-electron chi connectivity index (χ2n) is 3.76. The molecule has 0 aliphatic rings. The van der Waals surface area contributed by atoms with Crippen LogP contribution >= 0.6 is 11.6 Å². The van der Waals surface area contributed by atoms with E-state index in [1.54, 1.807) is 0 Å². The fourth-order valence-corrected chi connectivity index (χ4v) is 1.81. The Kier molecular flexibility index (Phi) is 6.29. The van der Waals surface area contributed by atoms with E-state index in [9.17, 15) is 14.9 Å². The van der Waals surface area contributed by atoms with Crippen LogP contribution in [0.3, 0.4) is 0 Å². The highest BCUT2D eigenvalue weighted by molar-refractivity contribution is 6.32. The number of amides is 1. The van der Waals surface area contributed by atoms with Crippen LogP contribution in [0.25, 0.3) is 0 Å². The highest BCUT2D eigenvalue weighted by Gasteiger charge is 2.27. The molecule has 0 saturated heterocycles. The van der Waals surface area contributed by atoms with Crippen molar-refractivity contribution in [3.8, 4) is 0 Å². The second-order valence-corrected chi connectivity index (χ2v) is 4.12. The van der Waals surface area contributed by atoms with Gasteiger partial charge in [0, 0.05) is 26.4 Å². The van der Waals surface area contributed by atoms with E-state index < -0.39 is 16.5 Å². The van der Waals surface area contributed by atoms with Crippen LogP contribution in [0, 0.1) is 10.1 Å². The molecule has 9 heteroatoms. The topological polar surface area (TPSA) is 106 Å². The zero-order chi connectivity index (χ0) is 15.1. The molecule has 0 fully saturated rings. The summed E-state index contributed by atoms with van der Waals surface area (Å²) in [5.41, 5.74) is -0.709. The molecule has 1 amide bonds. The molecule has 0 saturated carbocycles. The first-order valence-corrected chi connectivity index (χ1v) is 6.08. The molecule has 0 spiro atoms. The van der Waals surface area contributed by atoms with Gasteiger partial charge in [-0.3, -0.25) is 14.9 Å². The van der Waals surface area contributed by atoms with Crippen molar-refractivity contribution in [2.24, 2.45) is 0 Å². The average molecular weight is 304 g/mol. The lowest BCUT2D eigenvalue weighted by molar-refractivity contribution is -0.385. The molecular formula is C11H14ClN3O5. The largest absolute Gasteiger partial charge is 0.395 e. The maximum atomic E-state index is 12.3. The molecule has 0 unspecified atom stereocenters. The summed E-state index contributed by atoms with van der Waals surface area (Å²) in [5, 5.41) is 19.6. The van der Waals surface area contributed by atoms with Gasteiger partial charge in [0.15, 0.2) is 0 Å². The Balaban J connectivity index is 3.11. The van der Waals surface area contributed by atoms with Crippen LogP contribution in [0.5, 0.6) is 0 Å². The van der Waals surface area contributed by atoms with Crippen LogP contribution in [0.2, 0.25) is 5.15 Å². The number of rotatable bonds is 7. The summed E-state index contributed by atoms with van der Waals surface area (Å²) in [4.78, 5) is 27.4. The highest BCUT2D eigenvalue weighted by atomic mass is 35.5. The third-order valence-electron chi connectivity index (χ3n) is 2.52. The number of aliphatic hydroxyl groups is 1. The van der Waals surface area contributed by atoms with Gasteiger partial charge in [0.2, 0.25) is 5.15 Å². The van der Waals surface area contributed by atoms with E-state index in [-0.39, 0.29) is 37.0 Å². The maximum Gasteiger partial charge on any atom is 0.319 e. The fraction of sp³-hybridized carbons (Fsp3) is 0.455. The first kappa shape index (κ1) is 16.3. The van der Waals surface area contributed by atoms with Crippen molar-refractivity contribution in [3.63, 3.8) is 0 Å². The van der Waals surface area contributed by atoms with Gasteiger partial charge in [-0.05, 0) is 6.07 Å². The minimum atomic E-state index is -0.754. The van der Waals surface area contributed by atoms with E-state index in [0.29, 0.717) is 0 Å². The molecule has 1 N–H and O–H groups in total. The van der Waals surface area contributed by atoms with E-state index in [2.05, 4.69) is 4.98 Å². The molecule has 8 nitrogen and oxygen atoms in total. The van der Waals surface area contributed by atoms with Crippen LogP contribution in [-0.4, -0.2) is 59.2 Å². The molecule has 0 atom stereocenters. The van der Waals surface area contributed by atoms with Gasteiger partial charge in [0.1, 0.15) is 5.56 Å². The monoisotopic (exact) mass is 303 g/mol. The van der Waals surface area contributed by atoms with E-state index in [4.69, 9.17) is 21.4 Å². The smallest absolute Gasteiger partial charge is 0.319 e. The van der Waals surface area contributed by atoms with Crippen molar-refractivity contribution in [1.29, 1.82) is 0 Å². The number of carbonyl (C=O) groups is 1. The number of ether oxygens (including phenoxy) is 1. The number of carbonyl (C=O) groups excluding carboxylic acids is 1. The minimum Gasteiger partial charge on any atom is -0.395 e. The van der Waals surface area contributed by atoms with Gasteiger partial charge >= 0.3 is 5.69 Å². The first-order valence-electron chi connectivity index (χ1n) is 5.70. The summed E-state index contributed by atoms with van der Waals surface area (Å²) in [7, 11) is 1.47. The third-order valence-corrected chi connectivity index (χ3v) is 2.79. The Morgan fingerprint density at radius 2 is 2.30 bits per heavy atom. The van der Waals surface area contributed by atoms with Gasteiger partial charge in [-0.1, -0.05) is 11.6 Å². The standard InChI is InChI=1S/C11H14ClN3O5/c1-20-7-5-14(4-6-16)11(17)8-2-3-13-10(12)9(8)15(18)19/h2-3,16H,4-7H2,1H3. The van der Waals surface area contributed by atoms with Crippen molar-refractivity contribution in [2.45, 2.75) is 0 Å². The minimum absolute atomic E-state index is 0.0410. The molecular weight excluding hydrogens is 290 g/mol. The predicted molar refractivity (Wildman–Crippen MR) is 70.8 cm³/mol. The lowest BCUT2D eigenvalue weighted by Crippen LogP contribution is -2.36. The van der Waals surface area contributed by atoms with Gasteiger partial charge < -0.3 is 14.7 Å². The Labute approximate surface area is 120 Å². The number of nitro groups is 1. The molecule has 1 aromatic rings. The normalized spacial score (nSPS) is 10.3. The molecule has 0 aliphatic carbocycles. The van der Waals surface area contributed by atoms with Crippen molar-refractivity contribution < 1.29 is 19.6 Å². The van der Waals surface area contributed by atoms with E-state index in [1.807, 2.05) is 0 Å². The Morgan fingerprint density at radius 3 is 2.85 bits per heavy atom. The molecule has 20 heavy (non-hydrogen) atoms. The summed E-state index contributed by atoms with van der Waals surface area (Å²) >= 11 is 5.66. The van der Waals surface area contributed by atoms with Crippen LogP contribution in [0.1, 0.15) is 10.4 Å². The van der Waals surface area contributed by atoms with E-state index in [1.165, 1.54) is 24.3 Å². The highest BCUT2D eigenvalue weighted by Crippen LogP contribution is 2.26. The quantitative estimate of drug-likeness (QED) is 0.452. The van der Waals surface area contributed by atoms with Crippen molar-refractivity contribution in [3.05, 3.63) is 33.1 Å². The van der Waals surface area contributed by atoms with Gasteiger partial charge in [0.05, 0.1) is 18.1 Å². The number of aliphatic hydroxyl groups excluding tert-OH is 1. The second kappa shape index (κ2) is 7.73. The third kappa shape index (κ3) is 3.86. The summed E-state index contributed by atoms with van der Waals surface area (Å²) in [5.74, 6) is -0.605. The van der Waals surface area contributed by atoms with E-state index >= 15 is 0 Å². The number of nitrogens with zero attached hydrogens (tertiary/aromatic N) is 3. The van der Waals surface area contributed by atoms with Gasteiger partial charge in [-0.2, -0.15) is 0 Å². The molecule has 1 heterocycles. The van der Waals surface area contributed by atoms with Gasteiger partial charge in [-0.25, -0.2) is 4.98 Å². The molecule has 0 aliphatic heterocycles. The Morgan fingerprint density at radius 1 is 1.60 bits per heavy atom. The lowest BCUT2D eigenvalue weighted by Gasteiger charge is -2.21. The zero-order valence-electron chi connectivity index (χ0n) is 10.8. The average Bonchev–Trinajstić information content (AvgIpc) is 2.42. The summed E-state index contributed by atoms with van der Waals surface area (Å²) in [6.07, 6.45) is 1.22. The molecule has 1 aromatic heterocycles. The molecule has 110 valence electrons. The van der Waals surface area contributed by atoms with Crippen LogP contribution < -0.4 is 0 Å². The molecule has 1 rings (SSSR count). The maximum absolute atomic E-state index is 12.3. The number of aromatic nitrogens is 1. The number of methoxy groups -OCH3 is 1. The van der Waals surface area contributed by atoms with Crippen molar-refractivity contribution in [2.75, 3.05) is 33.4 Å². The summed E-state index contributed by atoms with van der Waals surface area (Å²) in [6.45, 7) is 0.229. The van der Waals surface area contributed by atoms with Gasteiger partial charge in [0.25, 0.3) is 5.91 Å². The lowest BCUT2D eigenvalue weighted by atomic mass is 10.2. The predicted octanol–water partition coefficient (Wildman–Crippen LogP) is 0.724. The summed E-state index contributed by atoms with van der Waals surface area (Å²) < 4.78 is 4.86. The first-order chi connectivity index (χ1) is 9.52. The molecule has 0 bridgehead atoms. The molecule has 0 radical (unpaired) electrons. The van der Waals surface area contributed by atoms with Gasteiger partial charge in [-0.15, -0.1) is 0 Å². The number of hydrogen-bond acceptors (Lipinski definition) is 6. The van der Waals surface area contributed by atoms with E-state index in [0.717, 1.165) is 0 Å². The van der Waals surface area contributed by atoms with Crippen molar-refractivity contribution >= 4 is 23.2 Å².